The molecular weight excluding hydrogens is 321 g/mol. The number of benzene rings is 2. The highest BCUT2D eigenvalue weighted by molar-refractivity contribution is 5.91. The number of amides is 2. The summed E-state index contributed by atoms with van der Waals surface area (Å²) in [5.74, 6) is -1.06. The summed E-state index contributed by atoms with van der Waals surface area (Å²) in [6.07, 6.45) is 0.103. The molecule has 0 heterocycles. The van der Waals surface area contributed by atoms with Gasteiger partial charge in [-0.15, -0.1) is 0 Å². The highest BCUT2D eigenvalue weighted by atomic mass is 19.1. The van der Waals surface area contributed by atoms with Crippen LogP contribution in [0.2, 0.25) is 0 Å². The zero-order valence-corrected chi connectivity index (χ0v) is 13.8. The normalized spacial score (nSPS) is 9.96. The van der Waals surface area contributed by atoms with Gasteiger partial charge in [-0.1, -0.05) is 30.3 Å². The van der Waals surface area contributed by atoms with Crippen LogP contribution in [0.1, 0.15) is 24.5 Å². The van der Waals surface area contributed by atoms with Gasteiger partial charge in [-0.05, 0) is 23.8 Å². The highest BCUT2D eigenvalue weighted by Gasteiger charge is 2.12. The van der Waals surface area contributed by atoms with Gasteiger partial charge < -0.3 is 10.2 Å². The first-order chi connectivity index (χ1) is 12.0. The van der Waals surface area contributed by atoms with Crippen molar-refractivity contribution in [2.45, 2.75) is 19.9 Å². The van der Waals surface area contributed by atoms with Gasteiger partial charge >= 0.3 is 0 Å². The number of nitrogens with one attached hydrogen (secondary N) is 1. The van der Waals surface area contributed by atoms with Crippen LogP contribution in [0.4, 0.5) is 10.1 Å². The van der Waals surface area contributed by atoms with E-state index < -0.39 is 5.82 Å². The van der Waals surface area contributed by atoms with Crippen LogP contribution >= 0.6 is 0 Å². The summed E-state index contributed by atoms with van der Waals surface area (Å²) in [5, 5.41) is 11.4. The quantitative estimate of drug-likeness (QED) is 0.879. The van der Waals surface area contributed by atoms with E-state index in [2.05, 4.69) is 5.32 Å². The fourth-order valence-corrected chi connectivity index (χ4v) is 2.30. The molecule has 2 amide bonds. The molecular formula is C19H18FN3O2. The number of hydrogen-bond donors (Lipinski definition) is 1. The molecule has 25 heavy (non-hydrogen) atoms. The van der Waals surface area contributed by atoms with Crippen LogP contribution in [0.25, 0.3) is 0 Å². The molecule has 1 N–H and O–H groups in total. The fourth-order valence-electron chi connectivity index (χ4n) is 2.30. The van der Waals surface area contributed by atoms with E-state index in [4.69, 9.17) is 5.26 Å². The Bertz CT molecular complexity index is 800. The molecule has 0 bridgehead atoms. The van der Waals surface area contributed by atoms with Crippen molar-refractivity contribution >= 4 is 17.5 Å². The minimum absolute atomic E-state index is 0.103. The van der Waals surface area contributed by atoms with E-state index in [-0.39, 0.29) is 30.3 Å². The molecule has 0 aliphatic heterocycles. The third-order valence-electron chi connectivity index (χ3n) is 3.64. The largest absolute Gasteiger partial charge is 0.338 e. The lowest BCUT2D eigenvalue weighted by atomic mass is 10.2. The van der Waals surface area contributed by atoms with Crippen molar-refractivity contribution in [3.63, 3.8) is 0 Å². The smallest absolute Gasteiger partial charge is 0.226 e. The molecule has 128 valence electrons. The Kier molecular flexibility index (Phi) is 6.24. The molecule has 2 aromatic carbocycles. The van der Waals surface area contributed by atoms with Crippen LogP contribution in [0.3, 0.4) is 0 Å². The molecule has 2 rings (SSSR count). The van der Waals surface area contributed by atoms with E-state index in [9.17, 15) is 14.0 Å². The molecule has 0 aliphatic carbocycles. The van der Waals surface area contributed by atoms with Crippen molar-refractivity contribution in [1.82, 2.24) is 4.90 Å². The lowest BCUT2D eigenvalue weighted by molar-refractivity contribution is -0.129. The van der Waals surface area contributed by atoms with Gasteiger partial charge in [0.05, 0.1) is 5.56 Å². The number of rotatable bonds is 6. The topological polar surface area (TPSA) is 73.2 Å². The van der Waals surface area contributed by atoms with Crippen LogP contribution in [-0.4, -0.2) is 23.3 Å². The van der Waals surface area contributed by atoms with Gasteiger partial charge in [0.15, 0.2) is 0 Å². The summed E-state index contributed by atoms with van der Waals surface area (Å²) in [6.45, 7) is 2.15. The minimum atomic E-state index is -0.633. The Morgan fingerprint density at radius 3 is 2.56 bits per heavy atom. The maximum absolute atomic E-state index is 13.3. The Balaban J connectivity index is 1.93. The molecule has 0 spiro atoms. The third-order valence-corrected chi connectivity index (χ3v) is 3.64. The lowest BCUT2D eigenvalue weighted by Crippen LogP contribution is -2.31. The molecule has 0 saturated heterocycles. The maximum atomic E-state index is 13.3. The van der Waals surface area contributed by atoms with E-state index in [1.165, 1.54) is 19.1 Å². The van der Waals surface area contributed by atoms with Gasteiger partial charge in [0.1, 0.15) is 11.9 Å². The summed E-state index contributed by atoms with van der Waals surface area (Å²) in [5.41, 5.74) is 1.20. The van der Waals surface area contributed by atoms with Crippen molar-refractivity contribution in [1.29, 1.82) is 5.26 Å². The van der Waals surface area contributed by atoms with Crippen LogP contribution in [0.5, 0.6) is 0 Å². The molecule has 0 fully saturated rings. The van der Waals surface area contributed by atoms with Gasteiger partial charge in [-0.2, -0.15) is 5.26 Å². The summed E-state index contributed by atoms with van der Waals surface area (Å²) >= 11 is 0. The number of hydrogen-bond acceptors (Lipinski definition) is 3. The van der Waals surface area contributed by atoms with Gasteiger partial charge in [-0.25, -0.2) is 4.39 Å². The van der Waals surface area contributed by atoms with Crippen LogP contribution < -0.4 is 5.32 Å². The van der Waals surface area contributed by atoms with E-state index in [1.807, 2.05) is 30.3 Å². The Morgan fingerprint density at radius 2 is 1.92 bits per heavy atom. The number of nitrogens with zero attached hydrogens (tertiary/aromatic N) is 2. The lowest BCUT2D eigenvalue weighted by Gasteiger charge is -2.21. The molecule has 0 unspecified atom stereocenters. The number of nitriles is 1. The average Bonchev–Trinajstić information content (AvgIpc) is 2.60. The predicted molar refractivity (Wildman–Crippen MR) is 91.9 cm³/mol. The maximum Gasteiger partial charge on any atom is 0.226 e. The number of carbonyl (C=O) groups excluding carboxylic acids is 2. The van der Waals surface area contributed by atoms with Crippen molar-refractivity contribution < 1.29 is 14.0 Å². The van der Waals surface area contributed by atoms with Gasteiger partial charge in [0.25, 0.3) is 0 Å². The third kappa shape index (κ3) is 5.43. The number of halogens is 1. The van der Waals surface area contributed by atoms with Gasteiger partial charge in [-0.3, -0.25) is 9.59 Å². The molecule has 6 heteroatoms. The van der Waals surface area contributed by atoms with Crippen molar-refractivity contribution in [2.75, 3.05) is 11.9 Å². The van der Waals surface area contributed by atoms with E-state index in [1.54, 1.807) is 11.0 Å². The van der Waals surface area contributed by atoms with Crippen LogP contribution in [0, 0.1) is 17.1 Å². The highest BCUT2D eigenvalue weighted by Crippen LogP contribution is 2.14. The average molecular weight is 339 g/mol. The molecule has 0 atom stereocenters. The monoisotopic (exact) mass is 339 g/mol. The first-order valence-electron chi connectivity index (χ1n) is 7.78. The second-order valence-electron chi connectivity index (χ2n) is 5.53. The summed E-state index contributed by atoms with van der Waals surface area (Å²) < 4.78 is 13.3. The van der Waals surface area contributed by atoms with Gasteiger partial charge in [0, 0.05) is 32.1 Å². The molecule has 0 saturated carbocycles. The fraction of sp³-hybridized carbons (Fsp3) is 0.211. The Labute approximate surface area is 145 Å². The van der Waals surface area contributed by atoms with E-state index in [0.717, 1.165) is 11.6 Å². The van der Waals surface area contributed by atoms with E-state index in [0.29, 0.717) is 12.2 Å². The molecule has 0 aliphatic rings. The standard InChI is InChI=1S/C19H18FN3O2/c1-14(24)23(13-15-5-3-2-4-6-15)10-9-19(25)22-17-7-8-18(20)16(11-17)12-21/h2-8,11H,9-10,13H2,1H3,(H,22,25). The molecule has 0 radical (unpaired) electrons. The van der Waals surface area contributed by atoms with Crippen molar-refractivity contribution in [3.05, 3.63) is 65.5 Å². The Hall–Kier alpha value is -3.20. The summed E-state index contributed by atoms with van der Waals surface area (Å²) in [4.78, 5) is 25.4. The molecule has 2 aromatic rings. The Morgan fingerprint density at radius 1 is 1.20 bits per heavy atom. The zero-order valence-electron chi connectivity index (χ0n) is 13.8. The summed E-state index contributed by atoms with van der Waals surface area (Å²) in [7, 11) is 0. The minimum Gasteiger partial charge on any atom is -0.338 e. The SMILES string of the molecule is CC(=O)N(CCC(=O)Nc1ccc(F)c(C#N)c1)Cc1ccccc1. The summed E-state index contributed by atoms with van der Waals surface area (Å²) in [6, 6.07) is 15.0. The second-order valence-corrected chi connectivity index (χ2v) is 5.53. The zero-order chi connectivity index (χ0) is 18.2. The van der Waals surface area contributed by atoms with Crippen LogP contribution in [0.15, 0.2) is 48.5 Å². The van der Waals surface area contributed by atoms with E-state index >= 15 is 0 Å². The number of carbonyl (C=O) groups is 2. The van der Waals surface area contributed by atoms with Crippen molar-refractivity contribution in [3.8, 4) is 6.07 Å². The first kappa shape index (κ1) is 18.1. The predicted octanol–water partition coefficient (Wildman–Crippen LogP) is 3.07. The van der Waals surface area contributed by atoms with Crippen molar-refractivity contribution in [2.24, 2.45) is 0 Å². The first-order valence-corrected chi connectivity index (χ1v) is 7.78. The number of anilines is 1. The molecule has 5 nitrogen and oxygen atoms in total. The van der Waals surface area contributed by atoms with Gasteiger partial charge in [0.2, 0.25) is 11.8 Å². The second kappa shape index (κ2) is 8.60. The molecule has 0 aromatic heterocycles. The van der Waals surface area contributed by atoms with Crippen LogP contribution in [-0.2, 0) is 16.1 Å².